The van der Waals surface area contributed by atoms with Gasteiger partial charge in [0.15, 0.2) is 11.6 Å². The van der Waals surface area contributed by atoms with Crippen molar-refractivity contribution in [2.45, 2.75) is 24.2 Å². The summed E-state index contributed by atoms with van der Waals surface area (Å²) >= 11 is 1.59. The Balaban J connectivity index is 2.38. The first-order chi connectivity index (χ1) is 14.5. The van der Waals surface area contributed by atoms with Crippen LogP contribution in [0.4, 0.5) is 51.0 Å². The lowest BCUT2D eigenvalue weighted by Gasteiger charge is -2.32. The quantitative estimate of drug-likeness (QED) is 0.198. The number of anilines is 1. The van der Waals surface area contributed by atoms with E-state index in [1.54, 1.807) is 27.9 Å². The van der Waals surface area contributed by atoms with Gasteiger partial charge in [0, 0.05) is 27.5 Å². The number of hydrogen-bond acceptors (Lipinski definition) is 4. The molecule has 32 heavy (non-hydrogen) atoms. The molecule has 2 rings (SSSR count). The highest BCUT2D eigenvalue weighted by molar-refractivity contribution is 14.1. The molecule has 174 valence electrons. The van der Waals surface area contributed by atoms with Gasteiger partial charge in [-0.2, -0.15) is 26.3 Å². The Morgan fingerprint density at radius 1 is 1.12 bits per heavy atom. The third kappa shape index (κ3) is 4.44. The largest absolute Gasteiger partial charge is 0.382 e. The van der Waals surface area contributed by atoms with Crippen LogP contribution in [0.3, 0.4) is 0 Å². The minimum Gasteiger partial charge on any atom is -0.304 e. The van der Waals surface area contributed by atoms with Crippen LogP contribution in [0.1, 0.15) is 15.9 Å². The molecule has 0 spiro atoms. The Morgan fingerprint density at radius 3 is 2.22 bits per heavy atom. The molecule has 16 heteroatoms. The van der Waals surface area contributed by atoms with E-state index in [1.165, 1.54) is 0 Å². The van der Waals surface area contributed by atoms with E-state index in [1.807, 2.05) is 0 Å². The van der Waals surface area contributed by atoms with Crippen LogP contribution in [-0.2, 0) is 5.92 Å². The molecular weight excluding hydrogens is 580 g/mol. The fraction of sp³-hybridized carbons (Fsp3) is 0.250. The van der Waals surface area contributed by atoms with Crippen molar-refractivity contribution >= 4 is 40.0 Å². The molecule has 0 atom stereocenters. The van der Waals surface area contributed by atoms with Crippen molar-refractivity contribution in [3.8, 4) is 0 Å². The van der Waals surface area contributed by atoms with Crippen LogP contribution in [0, 0.1) is 19.5 Å². The molecule has 0 aliphatic heterocycles. The van der Waals surface area contributed by atoms with Gasteiger partial charge in [0.05, 0.1) is 10.5 Å². The monoisotopic (exact) mass is 587 g/mol. The van der Waals surface area contributed by atoms with Gasteiger partial charge in [-0.25, -0.2) is 18.2 Å². The highest BCUT2D eigenvalue weighted by Gasteiger charge is 2.76. The Bertz CT molecular complexity index is 1070. The molecule has 0 saturated carbocycles. The van der Waals surface area contributed by atoms with E-state index in [0.717, 1.165) is 18.2 Å². The second-order valence-electron chi connectivity index (χ2n) is 6.00. The number of aromatic nitrogens is 1. The first-order valence-electron chi connectivity index (χ1n) is 7.87. The summed E-state index contributed by atoms with van der Waals surface area (Å²) in [6.45, 7) is 0. The molecule has 1 N–H and O–H groups in total. The van der Waals surface area contributed by atoms with Gasteiger partial charge in [-0.15, -0.1) is 0 Å². The molecule has 0 radical (unpaired) electrons. The molecule has 6 nitrogen and oxygen atoms in total. The second kappa shape index (κ2) is 8.70. The number of carbonyl (C=O) groups is 1. The lowest BCUT2D eigenvalue weighted by atomic mass is 9.98. The van der Waals surface area contributed by atoms with Gasteiger partial charge in [0.2, 0.25) is 0 Å². The van der Waals surface area contributed by atoms with Crippen LogP contribution in [0.15, 0.2) is 30.5 Å². The van der Waals surface area contributed by atoms with Crippen LogP contribution in [0.2, 0.25) is 0 Å². The molecule has 1 amide bonds. The predicted molar refractivity (Wildman–Crippen MR) is 97.8 cm³/mol. The van der Waals surface area contributed by atoms with E-state index in [-0.39, 0.29) is 15.3 Å². The summed E-state index contributed by atoms with van der Waals surface area (Å²) in [5.41, 5.74) is -3.05. The van der Waals surface area contributed by atoms with E-state index in [4.69, 9.17) is 0 Å². The van der Waals surface area contributed by atoms with Gasteiger partial charge in [0.1, 0.15) is 0 Å². The van der Waals surface area contributed by atoms with Gasteiger partial charge in [-0.3, -0.25) is 14.9 Å². The number of pyridine rings is 1. The molecule has 1 heterocycles. The van der Waals surface area contributed by atoms with Gasteiger partial charge in [0.25, 0.3) is 11.6 Å². The van der Waals surface area contributed by atoms with Gasteiger partial charge < -0.3 is 5.32 Å². The Morgan fingerprint density at radius 2 is 1.72 bits per heavy atom. The Kier molecular flexibility index (Phi) is 6.96. The number of rotatable bonds is 7. The lowest BCUT2D eigenvalue weighted by molar-refractivity contribution is -0.384. The summed E-state index contributed by atoms with van der Waals surface area (Å²) in [6, 6.07) is 2.61. The summed E-state index contributed by atoms with van der Waals surface area (Å²) < 4.78 is 119. The first-order valence-corrected chi connectivity index (χ1v) is 8.94. The number of nitrogens with zero attached hydrogens (tertiary/aromatic N) is 2. The number of halogens is 10. The number of nitrogens with one attached hydrogen (secondary N) is 1. The summed E-state index contributed by atoms with van der Waals surface area (Å²) in [4.78, 5) is 25.1. The van der Waals surface area contributed by atoms with Gasteiger partial charge in [-0.1, -0.05) is 0 Å². The number of carbonyl (C=O) groups excluding carboxylic acids is 1. The smallest absolute Gasteiger partial charge is 0.304 e. The average molecular weight is 587 g/mol. The molecule has 0 unspecified atom stereocenters. The fourth-order valence-corrected chi connectivity index (χ4v) is 2.79. The van der Waals surface area contributed by atoms with Crippen molar-refractivity contribution in [2.75, 3.05) is 5.32 Å². The molecule has 2 aromatic rings. The van der Waals surface area contributed by atoms with Crippen molar-refractivity contribution in [2.24, 2.45) is 0 Å². The number of hydrogen-bond donors (Lipinski definition) is 1. The van der Waals surface area contributed by atoms with E-state index >= 15 is 0 Å². The van der Waals surface area contributed by atoms with E-state index in [9.17, 15) is 54.4 Å². The standard InChI is InChI=1S/C16H7F9IN3O3/c17-9-3-6(14(20,21)16(24,25)15(22,23)13(18)19)5-27-11(9)28-12(30)8-4-7(29(31)32)1-2-10(8)26/h1-5,13H,(H,27,28,30). The molecule has 0 bridgehead atoms. The highest BCUT2D eigenvalue weighted by atomic mass is 127. The van der Waals surface area contributed by atoms with Crippen LogP contribution in [0.25, 0.3) is 0 Å². The van der Waals surface area contributed by atoms with Crippen LogP contribution in [0.5, 0.6) is 0 Å². The third-order valence-corrected chi connectivity index (χ3v) is 4.87. The molecule has 0 fully saturated rings. The highest BCUT2D eigenvalue weighted by Crippen LogP contribution is 2.53. The van der Waals surface area contributed by atoms with Crippen molar-refractivity contribution in [1.82, 2.24) is 4.98 Å². The topological polar surface area (TPSA) is 85.1 Å². The second-order valence-corrected chi connectivity index (χ2v) is 7.16. The van der Waals surface area contributed by atoms with E-state index in [0.29, 0.717) is 0 Å². The fourth-order valence-electron chi connectivity index (χ4n) is 2.20. The number of nitro benzene ring substituents is 1. The summed E-state index contributed by atoms with van der Waals surface area (Å²) in [6.07, 6.45) is -5.37. The molecular formula is C16H7F9IN3O3. The number of amides is 1. The normalized spacial score (nSPS) is 12.7. The number of benzene rings is 1. The molecule has 1 aromatic heterocycles. The zero-order valence-electron chi connectivity index (χ0n) is 14.9. The maximum atomic E-state index is 14.1. The summed E-state index contributed by atoms with van der Waals surface area (Å²) in [5.74, 6) is -23.3. The Labute approximate surface area is 185 Å². The maximum Gasteiger partial charge on any atom is 0.382 e. The maximum absolute atomic E-state index is 14.1. The third-order valence-electron chi connectivity index (χ3n) is 3.93. The molecule has 0 saturated heterocycles. The average Bonchev–Trinajstić information content (AvgIpc) is 2.68. The lowest BCUT2D eigenvalue weighted by Crippen LogP contribution is -2.56. The minimum absolute atomic E-state index is 0.142. The van der Waals surface area contributed by atoms with Gasteiger partial charge >= 0.3 is 24.2 Å². The molecule has 1 aromatic carbocycles. The van der Waals surface area contributed by atoms with Gasteiger partial charge in [-0.05, 0) is 34.7 Å². The minimum atomic E-state index is -6.62. The Hall–Kier alpha value is -2.66. The zero-order chi connectivity index (χ0) is 24.6. The summed E-state index contributed by atoms with van der Waals surface area (Å²) in [5, 5.41) is 12.5. The number of nitro groups is 1. The van der Waals surface area contributed by atoms with Crippen molar-refractivity contribution < 1.29 is 49.2 Å². The van der Waals surface area contributed by atoms with Crippen LogP contribution in [-0.4, -0.2) is 34.1 Å². The van der Waals surface area contributed by atoms with Crippen molar-refractivity contribution in [3.63, 3.8) is 0 Å². The summed E-state index contributed by atoms with van der Waals surface area (Å²) in [7, 11) is 0. The predicted octanol–water partition coefficient (Wildman–Crippen LogP) is 5.61. The SMILES string of the molecule is O=C(Nc1ncc(C(F)(F)C(F)(F)C(F)(F)C(F)F)cc1F)c1cc([N+](=O)[O-])ccc1I. The van der Waals surface area contributed by atoms with Crippen molar-refractivity contribution in [3.05, 3.63) is 61.1 Å². The molecule has 0 aliphatic rings. The van der Waals surface area contributed by atoms with Crippen LogP contribution < -0.4 is 5.32 Å². The number of alkyl halides is 8. The first kappa shape index (κ1) is 25.6. The van der Waals surface area contributed by atoms with E-state index < -0.39 is 64.0 Å². The van der Waals surface area contributed by atoms with Crippen molar-refractivity contribution in [1.29, 1.82) is 0 Å². The van der Waals surface area contributed by atoms with Crippen LogP contribution >= 0.6 is 22.6 Å². The molecule has 0 aliphatic carbocycles. The zero-order valence-corrected chi connectivity index (χ0v) is 17.0. The number of non-ortho nitro benzene ring substituents is 1. The van der Waals surface area contributed by atoms with E-state index in [2.05, 4.69) is 4.98 Å².